The van der Waals surface area contributed by atoms with Gasteiger partial charge in [0.1, 0.15) is 0 Å². The third kappa shape index (κ3) is 4.83. The molecular weight excluding hydrogens is 190 g/mol. The zero-order valence-electron chi connectivity index (χ0n) is 8.11. The monoisotopic (exact) mass is 205 g/mol. The van der Waals surface area contributed by atoms with Gasteiger partial charge in [-0.05, 0) is 13.8 Å². The molecular formula is C7H15N3O2S. The van der Waals surface area contributed by atoms with Crippen molar-refractivity contribution in [3.63, 3.8) is 0 Å². The molecule has 6 heteroatoms. The third-order valence-corrected chi connectivity index (χ3v) is 3.11. The normalized spacial score (nSPS) is 12.0. The summed E-state index contributed by atoms with van der Waals surface area (Å²) in [4.78, 5) is 0. The van der Waals surface area contributed by atoms with E-state index < -0.39 is 10.2 Å². The lowest BCUT2D eigenvalue weighted by Crippen LogP contribution is -2.41. The minimum atomic E-state index is -3.40. The first-order valence-electron chi connectivity index (χ1n) is 4.00. The van der Waals surface area contributed by atoms with Crippen LogP contribution in [0, 0.1) is 11.3 Å². The fourth-order valence-corrected chi connectivity index (χ4v) is 1.82. The molecule has 1 N–H and O–H groups in total. The van der Waals surface area contributed by atoms with E-state index in [9.17, 15) is 8.42 Å². The minimum Gasteiger partial charge on any atom is -0.200 e. The average Bonchev–Trinajstić information content (AvgIpc) is 1.97. The highest BCUT2D eigenvalue weighted by molar-refractivity contribution is 7.87. The molecule has 0 saturated carbocycles. The van der Waals surface area contributed by atoms with Crippen LogP contribution in [0.1, 0.15) is 20.3 Å². The molecule has 0 aromatic heterocycles. The van der Waals surface area contributed by atoms with Crippen LogP contribution >= 0.6 is 0 Å². The van der Waals surface area contributed by atoms with Crippen LogP contribution in [0.3, 0.4) is 0 Å². The Labute approximate surface area is 79.5 Å². The topological polar surface area (TPSA) is 73.2 Å². The van der Waals surface area contributed by atoms with Gasteiger partial charge in [0.05, 0.1) is 6.07 Å². The lowest BCUT2D eigenvalue weighted by molar-refractivity contribution is 0.458. The predicted molar refractivity (Wildman–Crippen MR) is 50.1 cm³/mol. The van der Waals surface area contributed by atoms with Crippen molar-refractivity contribution in [2.45, 2.75) is 26.3 Å². The van der Waals surface area contributed by atoms with Crippen molar-refractivity contribution in [2.75, 3.05) is 13.6 Å². The first kappa shape index (κ1) is 12.4. The summed E-state index contributed by atoms with van der Waals surface area (Å²) in [5.41, 5.74) is 0. The summed E-state index contributed by atoms with van der Waals surface area (Å²) < 4.78 is 26.3. The molecule has 0 amide bonds. The second kappa shape index (κ2) is 5.17. The standard InChI is InChI=1S/C7H15N3O2S/c1-7(2)9-13(11,12)10(3)6-4-5-8/h7,9H,4,6H2,1-3H3. The van der Waals surface area contributed by atoms with Gasteiger partial charge in [-0.1, -0.05) is 0 Å². The summed E-state index contributed by atoms with van der Waals surface area (Å²) in [5.74, 6) is 0. The number of nitrogens with zero attached hydrogens (tertiary/aromatic N) is 2. The van der Waals surface area contributed by atoms with Crippen molar-refractivity contribution in [3.8, 4) is 6.07 Å². The van der Waals surface area contributed by atoms with Gasteiger partial charge in [-0.25, -0.2) is 0 Å². The van der Waals surface area contributed by atoms with E-state index in [1.807, 2.05) is 6.07 Å². The Morgan fingerprint density at radius 2 is 2.08 bits per heavy atom. The first-order valence-corrected chi connectivity index (χ1v) is 5.44. The lowest BCUT2D eigenvalue weighted by atomic mass is 10.4. The highest BCUT2D eigenvalue weighted by Crippen LogP contribution is 1.96. The fraction of sp³-hybridized carbons (Fsp3) is 0.857. The van der Waals surface area contributed by atoms with Crippen molar-refractivity contribution in [1.29, 1.82) is 5.26 Å². The zero-order chi connectivity index (χ0) is 10.5. The summed E-state index contributed by atoms with van der Waals surface area (Å²) in [5, 5.41) is 8.27. The molecule has 0 aliphatic carbocycles. The Kier molecular flexibility index (Phi) is 4.91. The molecule has 0 heterocycles. The van der Waals surface area contributed by atoms with Gasteiger partial charge in [-0.3, -0.25) is 0 Å². The Balaban J connectivity index is 4.22. The molecule has 0 aromatic rings. The Bertz CT molecular complexity index is 279. The van der Waals surface area contributed by atoms with Crippen molar-refractivity contribution >= 4 is 10.2 Å². The summed E-state index contributed by atoms with van der Waals surface area (Å²) >= 11 is 0. The van der Waals surface area contributed by atoms with Crippen LogP contribution in [0.5, 0.6) is 0 Å². The smallest absolute Gasteiger partial charge is 0.200 e. The molecule has 0 spiro atoms. The molecule has 76 valence electrons. The van der Waals surface area contributed by atoms with Crippen LogP contribution in [-0.4, -0.2) is 32.4 Å². The van der Waals surface area contributed by atoms with E-state index >= 15 is 0 Å². The van der Waals surface area contributed by atoms with E-state index in [-0.39, 0.29) is 19.0 Å². The van der Waals surface area contributed by atoms with E-state index in [0.717, 1.165) is 4.31 Å². The molecule has 5 nitrogen and oxygen atoms in total. The van der Waals surface area contributed by atoms with Gasteiger partial charge in [0.25, 0.3) is 10.2 Å². The predicted octanol–water partition coefficient (Wildman–Crippen LogP) is 0.0747. The molecule has 0 atom stereocenters. The number of nitrogens with one attached hydrogen (secondary N) is 1. The Hall–Kier alpha value is -0.640. The van der Waals surface area contributed by atoms with Crippen LogP contribution in [0.2, 0.25) is 0 Å². The summed E-state index contributed by atoms with van der Waals surface area (Å²) in [6.07, 6.45) is 0.204. The Morgan fingerprint density at radius 1 is 1.54 bits per heavy atom. The van der Waals surface area contributed by atoms with Crippen LogP contribution < -0.4 is 4.72 Å². The maximum absolute atomic E-state index is 11.4. The molecule has 0 aliphatic rings. The van der Waals surface area contributed by atoms with Gasteiger partial charge in [-0.15, -0.1) is 0 Å². The van der Waals surface area contributed by atoms with Crippen LogP contribution in [-0.2, 0) is 10.2 Å². The molecule has 0 aliphatic heterocycles. The minimum absolute atomic E-state index is 0.130. The van der Waals surface area contributed by atoms with Crippen LogP contribution in [0.4, 0.5) is 0 Å². The maximum Gasteiger partial charge on any atom is 0.279 e. The van der Waals surface area contributed by atoms with E-state index in [2.05, 4.69) is 4.72 Å². The number of hydrogen-bond donors (Lipinski definition) is 1. The van der Waals surface area contributed by atoms with Gasteiger partial charge in [0.2, 0.25) is 0 Å². The Morgan fingerprint density at radius 3 is 2.46 bits per heavy atom. The maximum atomic E-state index is 11.4. The number of rotatable bonds is 5. The molecule has 13 heavy (non-hydrogen) atoms. The van der Waals surface area contributed by atoms with Crippen molar-refractivity contribution < 1.29 is 8.42 Å². The van der Waals surface area contributed by atoms with E-state index in [0.29, 0.717) is 0 Å². The van der Waals surface area contributed by atoms with Crippen molar-refractivity contribution in [1.82, 2.24) is 9.03 Å². The molecule has 0 bridgehead atoms. The summed E-state index contributed by atoms with van der Waals surface area (Å²) in [6.45, 7) is 3.71. The van der Waals surface area contributed by atoms with Gasteiger partial charge in [-0.2, -0.15) is 22.7 Å². The third-order valence-electron chi connectivity index (χ3n) is 1.33. The van der Waals surface area contributed by atoms with Gasteiger partial charge >= 0.3 is 0 Å². The number of nitriles is 1. The molecule has 0 saturated heterocycles. The number of hydrogen-bond acceptors (Lipinski definition) is 3. The molecule has 0 unspecified atom stereocenters. The quantitative estimate of drug-likeness (QED) is 0.690. The fourth-order valence-electron chi connectivity index (χ4n) is 0.715. The summed E-state index contributed by atoms with van der Waals surface area (Å²) in [7, 11) is -1.95. The van der Waals surface area contributed by atoms with Crippen molar-refractivity contribution in [2.24, 2.45) is 0 Å². The van der Waals surface area contributed by atoms with E-state index in [4.69, 9.17) is 5.26 Å². The van der Waals surface area contributed by atoms with E-state index in [1.54, 1.807) is 13.8 Å². The highest BCUT2D eigenvalue weighted by Gasteiger charge is 2.17. The second-order valence-corrected chi connectivity index (χ2v) is 4.82. The van der Waals surface area contributed by atoms with Gasteiger partial charge < -0.3 is 0 Å². The van der Waals surface area contributed by atoms with Crippen LogP contribution in [0.25, 0.3) is 0 Å². The van der Waals surface area contributed by atoms with E-state index in [1.165, 1.54) is 7.05 Å². The highest BCUT2D eigenvalue weighted by atomic mass is 32.2. The summed E-state index contributed by atoms with van der Waals surface area (Å²) in [6, 6.07) is 1.76. The second-order valence-electron chi connectivity index (χ2n) is 3.01. The van der Waals surface area contributed by atoms with Crippen molar-refractivity contribution in [3.05, 3.63) is 0 Å². The molecule has 0 radical (unpaired) electrons. The molecule has 0 rings (SSSR count). The lowest BCUT2D eigenvalue weighted by Gasteiger charge is -2.17. The first-order chi connectivity index (χ1) is 5.90. The average molecular weight is 205 g/mol. The SMILES string of the molecule is CC(C)NS(=O)(=O)N(C)CCC#N. The molecule has 0 fully saturated rings. The van der Waals surface area contributed by atoms with Gasteiger partial charge in [0, 0.05) is 26.1 Å². The molecule has 0 aromatic carbocycles. The largest absolute Gasteiger partial charge is 0.279 e. The van der Waals surface area contributed by atoms with Gasteiger partial charge in [0.15, 0.2) is 0 Å². The zero-order valence-corrected chi connectivity index (χ0v) is 8.93. The van der Waals surface area contributed by atoms with Crippen LogP contribution in [0.15, 0.2) is 0 Å².